The minimum atomic E-state index is -2.81. The second kappa shape index (κ2) is 9.74. The van der Waals surface area contributed by atoms with E-state index < -0.39 is 7.14 Å². The zero-order valence-electron chi connectivity index (χ0n) is 18.2. The van der Waals surface area contributed by atoms with E-state index in [-0.39, 0.29) is 0 Å². The Morgan fingerprint density at radius 1 is 0.500 bits per heavy atom. The SMILES string of the molecule is Cc1cc(C)cc(C)c1.Cc1ccccc1P(=O)(c1ccccc1)c1ccccc1. The molecule has 152 valence electrons. The van der Waals surface area contributed by atoms with Crippen molar-refractivity contribution in [2.75, 3.05) is 0 Å². The lowest BCUT2D eigenvalue weighted by atomic mass is 10.1. The van der Waals surface area contributed by atoms with Crippen LogP contribution >= 0.6 is 7.14 Å². The van der Waals surface area contributed by atoms with E-state index in [1.165, 1.54) is 16.7 Å². The normalized spacial score (nSPS) is 10.8. The first-order valence-corrected chi connectivity index (χ1v) is 11.9. The van der Waals surface area contributed by atoms with E-state index in [9.17, 15) is 4.57 Å². The third kappa shape index (κ3) is 4.99. The Labute approximate surface area is 180 Å². The van der Waals surface area contributed by atoms with Gasteiger partial charge < -0.3 is 4.57 Å². The van der Waals surface area contributed by atoms with Crippen molar-refractivity contribution in [1.82, 2.24) is 0 Å². The van der Waals surface area contributed by atoms with Crippen LogP contribution in [0.5, 0.6) is 0 Å². The third-order valence-corrected chi connectivity index (χ3v) is 8.29. The van der Waals surface area contributed by atoms with Crippen LogP contribution in [0.3, 0.4) is 0 Å². The quantitative estimate of drug-likeness (QED) is 0.364. The van der Waals surface area contributed by atoms with E-state index in [1.807, 2.05) is 91.9 Å². The second-order valence-corrected chi connectivity index (χ2v) is 10.5. The molecule has 0 aliphatic carbocycles. The van der Waals surface area contributed by atoms with Crippen LogP contribution in [-0.4, -0.2) is 0 Å². The molecule has 0 aromatic heterocycles. The highest BCUT2D eigenvalue weighted by atomic mass is 31.2. The number of rotatable bonds is 3. The van der Waals surface area contributed by atoms with Gasteiger partial charge in [0.1, 0.15) is 0 Å². The van der Waals surface area contributed by atoms with Crippen LogP contribution < -0.4 is 15.9 Å². The molecule has 0 unspecified atom stereocenters. The van der Waals surface area contributed by atoms with Crippen molar-refractivity contribution in [1.29, 1.82) is 0 Å². The third-order valence-electron chi connectivity index (χ3n) is 5.06. The summed E-state index contributed by atoms with van der Waals surface area (Å²) in [5.74, 6) is 0. The first kappa shape index (κ1) is 21.8. The topological polar surface area (TPSA) is 17.1 Å². The molecule has 0 atom stereocenters. The van der Waals surface area contributed by atoms with Gasteiger partial charge in [0.15, 0.2) is 7.14 Å². The van der Waals surface area contributed by atoms with Crippen LogP contribution in [0.4, 0.5) is 0 Å². The van der Waals surface area contributed by atoms with Gasteiger partial charge in [-0.2, -0.15) is 0 Å². The first-order chi connectivity index (χ1) is 14.4. The van der Waals surface area contributed by atoms with Gasteiger partial charge in [-0.05, 0) is 33.3 Å². The molecule has 4 aromatic carbocycles. The molecule has 4 aromatic rings. The zero-order valence-corrected chi connectivity index (χ0v) is 19.1. The summed E-state index contributed by atoms with van der Waals surface area (Å²) < 4.78 is 14.0. The van der Waals surface area contributed by atoms with Crippen LogP contribution in [0, 0.1) is 27.7 Å². The van der Waals surface area contributed by atoms with E-state index in [2.05, 4.69) is 39.0 Å². The lowest BCUT2D eigenvalue weighted by Crippen LogP contribution is -2.26. The van der Waals surface area contributed by atoms with Gasteiger partial charge in [-0.15, -0.1) is 0 Å². The Morgan fingerprint density at radius 2 is 0.867 bits per heavy atom. The van der Waals surface area contributed by atoms with E-state index in [0.717, 1.165) is 21.5 Å². The van der Waals surface area contributed by atoms with Gasteiger partial charge in [0.2, 0.25) is 0 Å². The molecule has 0 aliphatic rings. The molecule has 0 spiro atoms. The standard InChI is InChI=1S/C19H17OP.C9H12/c1-16-10-8-9-15-19(16)21(20,17-11-4-2-5-12-17)18-13-6-3-7-14-18;1-7-4-8(2)6-9(3)5-7/h2-15H,1H3;4-6H,1-3H3. The summed E-state index contributed by atoms with van der Waals surface area (Å²) in [5, 5.41) is 2.68. The summed E-state index contributed by atoms with van der Waals surface area (Å²) in [6.45, 7) is 8.40. The fraction of sp³-hybridized carbons (Fsp3) is 0.143. The Bertz CT molecular complexity index is 1050. The summed E-state index contributed by atoms with van der Waals surface area (Å²) in [6, 6.07) is 34.0. The van der Waals surface area contributed by atoms with Gasteiger partial charge in [0.05, 0.1) is 0 Å². The lowest BCUT2D eigenvalue weighted by Gasteiger charge is -2.21. The zero-order chi connectivity index (χ0) is 21.6. The lowest BCUT2D eigenvalue weighted by molar-refractivity contribution is 0.592. The molecular formula is C28H29OP. The maximum absolute atomic E-state index is 14.0. The molecule has 1 nitrogen and oxygen atoms in total. The van der Waals surface area contributed by atoms with Crippen molar-refractivity contribution < 1.29 is 4.57 Å². The van der Waals surface area contributed by atoms with E-state index in [4.69, 9.17) is 0 Å². The van der Waals surface area contributed by atoms with Gasteiger partial charge >= 0.3 is 0 Å². The molecule has 0 saturated heterocycles. The maximum atomic E-state index is 14.0. The van der Waals surface area contributed by atoms with Gasteiger partial charge in [-0.3, -0.25) is 0 Å². The second-order valence-electron chi connectivity index (χ2n) is 7.73. The monoisotopic (exact) mass is 412 g/mol. The number of hydrogen-bond donors (Lipinski definition) is 0. The van der Waals surface area contributed by atoms with Crippen molar-refractivity contribution in [3.05, 3.63) is 125 Å². The molecule has 0 N–H and O–H groups in total. The molecule has 2 heteroatoms. The average molecular weight is 413 g/mol. The molecule has 0 heterocycles. The van der Waals surface area contributed by atoms with E-state index in [0.29, 0.717) is 0 Å². The fourth-order valence-corrected chi connectivity index (χ4v) is 6.73. The summed E-state index contributed by atoms with van der Waals surface area (Å²) in [7, 11) is -2.81. The van der Waals surface area contributed by atoms with Crippen molar-refractivity contribution in [2.24, 2.45) is 0 Å². The summed E-state index contributed by atoms with van der Waals surface area (Å²) in [4.78, 5) is 0. The van der Waals surface area contributed by atoms with Crippen LogP contribution in [0.1, 0.15) is 22.3 Å². The molecular weight excluding hydrogens is 383 g/mol. The number of hydrogen-bond acceptors (Lipinski definition) is 1. The summed E-state index contributed by atoms with van der Waals surface area (Å²) >= 11 is 0. The highest BCUT2D eigenvalue weighted by Crippen LogP contribution is 2.42. The van der Waals surface area contributed by atoms with Crippen molar-refractivity contribution in [3.63, 3.8) is 0 Å². The van der Waals surface area contributed by atoms with Gasteiger partial charge in [-0.25, -0.2) is 0 Å². The van der Waals surface area contributed by atoms with Gasteiger partial charge in [0, 0.05) is 15.9 Å². The molecule has 0 fully saturated rings. The van der Waals surface area contributed by atoms with Crippen LogP contribution in [-0.2, 0) is 4.57 Å². The van der Waals surface area contributed by atoms with Crippen LogP contribution in [0.15, 0.2) is 103 Å². The van der Waals surface area contributed by atoms with Gasteiger partial charge in [-0.1, -0.05) is 120 Å². The summed E-state index contributed by atoms with van der Waals surface area (Å²) in [5.41, 5.74) is 5.13. The predicted molar refractivity (Wildman–Crippen MR) is 131 cm³/mol. The maximum Gasteiger partial charge on any atom is 0.171 e. The highest BCUT2D eigenvalue weighted by molar-refractivity contribution is 7.85. The smallest absolute Gasteiger partial charge is 0.171 e. The fourth-order valence-electron chi connectivity index (χ4n) is 3.82. The molecule has 0 aliphatic heterocycles. The molecule has 0 amide bonds. The van der Waals surface area contributed by atoms with Crippen molar-refractivity contribution >= 4 is 23.1 Å². The number of benzene rings is 4. The minimum Gasteiger partial charge on any atom is -0.309 e. The summed E-state index contributed by atoms with van der Waals surface area (Å²) in [6.07, 6.45) is 0. The van der Waals surface area contributed by atoms with E-state index >= 15 is 0 Å². The Balaban J connectivity index is 0.000000239. The Hall–Kier alpha value is -2.89. The van der Waals surface area contributed by atoms with Crippen molar-refractivity contribution in [3.8, 4) is 0 Å². The van der Waals surface area contributed by atoms with Crippen LogP contribution in [0.25, 0.3) is 0 Å². The van der Waals surface area contributed by atoms with E-state index in [1.54, 1.807) is 0 Å². The van der Waals surface area contributed by atoms with Crippen LogP contribution in [0.2, 0.25) is 0 Å². The number of aryl methyl sites for hydroxylation is 4. The first-order valence-electron chi connectivity index (χ1n) is 10.2. The Morgan fingerprint density at radius 3 is 1.27 bits per heavy atom. The predicted octanol–water partition coefficient (Wildman–Crippen LogP) is 6.25. The molecule has 4 rings (SSSR count). The minimum absolute atomic E-state index is 0.880. The molecule has 0 bridgehead atoms. The Kier molecular flexibility index (Phi) is 7.08. The largest absolute Gasteiger partial charge is 0.309 e. The van der Waals surface area contributed by atoms with Crippen molar-refractivity contribution in [2.45, 2.75) is 27.7 Å². The average Bonchev–Trinajstić information content (AvgIpc) is 2.74. The molecule has 30 heavy (non-hydrogen) atoms. The molecule has 0 saturated carbocycles. The van der Waals surface area contributed by atoms with Gasteiger partial charge in [0.25, 0.3) is 0 Å². The highest BCUT2D eigenvalue weighted by Gasteiger charge is 2.30. The molecule has 0 radical (unpaired) electrons.